The molecule has 0 unspecified atom stereocenters. The summed E-state index contributed by atoms with van der Waals surface area (Å²) < 4.78 is 5.17. The van der Waals surface area contributed by atoms with E-state index in [9.17, 15) is 4.79 Å². The van der Waals surface area contributed by atoms with E-state index in [2.05, 4.69) is 6.92 Å². The van der Waals surface area contributed by atoms with E-state index in [-0.39, 0.29) is 0 Å². The molecule has 0 fully saturated rings. The van der Waals surface area contributed by atoms with E-state index in [4.69, 9.17) is 4.74 Å². The Morgan fingerprint density at radius 2 is 2.18 bits per heavy atom. The number of rotatable bonds is 6. The van der Waals surface area contributed by atoms with E-state index < -0.39 is 0 Å². The van der Waals surface area contributed by atoms with Crippen LogP contribution in [-0.2, 0) is 9.53 Å². The Balaban J connectivity index is 3.61. The summed E-state index contributed by atoms with van der Waals surface area (Å²) in [4.78, 5) is 10.1. The van der Waals surface area contributed by atoms with Crippen LogP contribution < -0.4 is 0 Å². The second kappa shape index (κ2) is 7.32. The minimum absolute atomic E-state index is 0.500. The first kappa shape index (κ1) is 10.2. The number of hydrogen-bond acceptors (Lipinski definition) is 2. The van der Waals surface area contributed by atoms with E-state index >= 15 is 0 Å². The Kier molecular flexibility index (Phi) is 6.79. The van der Waals surface area contributed by atoms with Crippen LogP contribution in [0.2, 0.25) is 0 Å². The zero-order valence-electron chi connectivity index (χ0n) is 7.30. The van der Waals surface area contributed by atoms with Crippen LogP contribution in [0.5, 0.6) is 0 Å². The SMILES string of the molecule is CCCOC=C(CC)CC=O. The molecule has 2 nitrogen and oxygen atoms in total. The first-order chi connectivity index (χ1) is 5.35. The molecule has 0 aliphatic carbocycles. The number of hydrogen-bond donors (Lipinski definition) is 0. The Labute approximate surface area is 68.2 Å². The Bertz CT molecular complexity index is 128. The second-order valence-electron chi connectivity index (χ2n) is 2.37. The third-order valence-electron chi connectivity index (χ3n) is 1.37. The molecule has 0 aromatic rings. The van der Waals surface area contributed by atoms with Crippen LogP contribution in [0.15, 0.2) is 11.8 Å². The van der Waals surface area contributed by atoms with Gasteiger partial charge in [-0.1, -0.05) is 13.8 Å². The van der Waals surface area contributed by atoms with E-state index in [0.717, 1.165) is 31.3 Å². The van der Waals surface area contributed by atoms with Gasteiger partial charge in [0, 0.05) is 6.42 Å². The maximum Gasteiger partial charge on any atom is 0.124 e. The molecule has 0 radical (unpaired) electrons. The number of aldehydes is 1. The molecule has 0 bridgehead atoms. The van der Waals surface area contributed by atoms with E-state index in [1.54, 1.807) is 6.26 Å². The highest BCUT2D eigenvalue weighted by atomic mass is 16.5. The predicted octanol–water partition coefficient (Wildman–Crippen LogP) is 2.30. The van der Waals surface area contributed by atoms with Crippen molar-refractivity contribution in [3.05, 3.63) is 11.8 Å². The van der Waals surface area contributed by atoms with Gasteiger partial charge >= 0.3 is 0 Å². The van der Waals surface area contributed by atoms with Crippen molar-refractivity contribution in [1.82, 2.24) is 0 Å². The molecule has 0 saturated heterocycles. The molecule has 0 atom stereocenters. The molecule has 0 spiro atoms. The van der Waals surface area contributed by atoms with E-state index in [0.29, 0.717) is 6.42 Å². The molecule has 0 N–H and O–H groups in total. The highest BCUT2D eigenvalue weighted by molar-refractivity contribution is 5.53. The van der Waals surface area contributed by atoms with Gasteiger partial charge in [0.05, 0.1) is 12.9 Å². The lowest BCUT2D eigenvalue weighted by molar-refractivity contribution is -0.107. The highest BCUT2D eigenvalue weighted by Gasteiger charge is 1.91. The lowest BCUT2D eigenvalue weighted by atomic mass is 10.2. The molecule has 11 heavy (non-hydrogen) atoms. The minimum Gasteiger partial charge on any atom is -0.501 e. The van der Waals surface area contributed by atoms with Gasteiger partial charge in [0.2, 0.25) is 0 Å². The number of carbonyl (C=O) groups excluding carboxylic acids is 1. The fraction of sp³-hybridized carbons (Fsp3) is 0.667. The number of allylic oxidation sites excluding steroid dienone is 1. The average Bonchev–Trinajstić information content (AvgIpc) is 2.03. The van der Waals surface area contributed by atoms with Gasteiger partial charge in [0.25, 0.3) is 0 Å². The van der Waals surface area contributed by atoms with Crippen LogP contribution in [0.3, 0.4) is 0 Å². The fourth-order valence-electron chi connectivity index (χ4n) is 0.677. The zero-order chi connectivity index (χ0) is 8.53. The van der Waals surface area contributed by atoms with Gasteiger partial charge in [-0.2, -0.15) is 0 Å². The summed E-state index contributed by atoms with van der Waals surface area (Å²) in [6.07, 6.45) is 5.01. The van der Waals surface area contributed by atoms with Crippen LogP contribution >= 0.6 is 0 Å². The molecule has 0 aliphatic rings. The largest absolute Gasteiger partial charge is 0.501 e. The van der Waals surface area contributed by atoms with Crippen molar-refractivity contribution < 1.29 is 9.53 Å². The smallest absolute Gasteiger partial charge is 0.124 e. The third kappa shape index (κ3) is 5.64. The molecular weight excluding hydrogens is 140 g/mol. The van der Waals surface area contributed by atoms with Crippen molar-refractivity contribution in [1.29, 1.82) is 0 Å². The van der Waals surface area contributed by atoms with Gasteiger partial charge in [-0.05, 0) is 18.4 Å². The van der Waals surface area contributed by atoms with Crippen LogP contribution in [-0.4, -0.2) is 12.9 Å². The summed E-state index contributed by atoms with van der Waals surface area (Å²) in [6.45, 7) is 4.81. The third-order valence-corrected chi connectivity index (χ3v) is 1.37. The molecule has 0 rings (SSSR count). The topological polar surface area (TPSA) is 26.3 Å². The van der Waals surface area contributed by atoms with Gasteiger partial charge in [0.15, 0.2) is 0 Å². The Hall–Kier alpha value is -0.790. The summed E-state index contributed by atoms with van der Waals surface area (Å²) in [5.74, 6) is 0. The molecule has 0 aromatic carbocycles. The van der Waals surface area contributed by atoms with Gasteiger partial charge < -0.3 is 9.53 Å². The first-order valence-electron chi connectivity index (χ1n) is 4.08. The van der Waals surface area contributed by atoms with Gasteiger partial charge in [0.1, 0.15) is 6.29 Å². The van der Waals surface area contributed by atoms with Crippen LogP contribution in [0.25, 0.3) is 0 Å². The lowest BCUT2D eigenvalue weighted by Crippen LogP contribution is -1.88. The van der Waals surface area contributed by atoms with E-state index in [1.807, 2.05) is 6.92 Å². The molecule has 0 aliphatic heterocycles. The van der Waals surface area contributed by atoms with Crippen molar-refractivity contribution >= 4 is 6.29 Å². The molecule has 64 valence electrons. The molecule has 0 aromatic heterocycles. The molecule has 2 heteroatoms. The summed E-state index contributed by atoms with van der Waals surface area (Å²) in [5, 5.41) is 0. The van der Waals surface area contributed by atoms with Crippen molar-refractivity contribution in [2.45, 2.75) is 33.1 Å². The van der Waals surface area contributed by atoms with Crippen molar-refractivity contribution in [3.8, 4) is 0 Å². The zero-order valence-corrected chi connectivity index (χ0v) is 7.30. The van der Waals surface area contributed by atoms with Crippen LogP contribution in [0.1, 0.15) is 33.1 Å². The lowest BCUT2D eigenvalue weighted by Gasteiger charge is -2.00. The number of ether oxygens (including phenoxy) is 1. The van der Waals surface area contributed by atoms with Gasteiger partial charge in [-0.3, -0.25) is 0 Å². The minimum atomic E-state index is 0.500. The van der Waals surface area contributed by atoms with Gasteiger partial charge in [-0.25, -0.2) is 0 Å². The monoisotopic (exact) mass is 156 g/mol. The van der Waals surface area contributed by atoms with Crippen LogP contribution in [0.4, 0.5) is 0 Å². The Morgan fingerprint density at radius 3 is 2.64 bits per heavy atom. The quantitative estimate of drug-likeness (QED) is 0.335. The van der Waals surface area contributed by atoms with Crippen LogP contribution in [0, 0.1) is 0 Å². The highest BCUT2D eigenvalue weighted by Crippen LogP contribution is 2.03. The molecule has 0 saturated carbocycles. The summed E-state index contributed by atoms with van der Waals surface area (Å²) in [7, 11) is 0. The standard InChI is InChI=1S/C9H16O2/c1-3-7-11-8-9(4-2)5-6-10/h6,8H,3-5,7H2,1-2H3. The molecule has 0 heterocycles. The summed E-state index contributed by atoms with van der Waals surface area (Å²) in [5.41, 5.74) is 1.06. The normalized spacial score (nSPS) is 11.3. The second-order valence-corrected chi connectivity index (χ2v) is 2.37. The first-order valence-corrected chi connectivity index (χ1v) is 4.08. The van der Waals surface area contributed by atoms with Crippen molar-refractivity contribution in [2.75, 3.05) is 6.61 Å². The molecular formula is C9H16O2. The maximum absolute atomic E-state index is 10.1. The molecule has 0 amide bonds. The van der Waals surface area contributed by atoms with Crippen molar-refractivity contribution in [2.24, 2.45) is 0 Å². The Morgan fingerprint density at radius 1 is 1.45 bits per heavy atom. The summed E-state index contributed by atoms with van der Waals surface area (Å²) in [6, 6.07) is 0. The fourth-order valence-corrected chi connectivity index (χ4v) is 0.677. The van der Waals surface area contributed by atoms with Gasteiger partial charge in [-0.15, -0.1) is 0 Å². The average molecular weight is 156 g/mol. The van der Waals surface area contributed by atoms with E-state index in [1.165, 1.54) is 0 Å². The number of carbonyl (C=O) groups is 1. The maximum atomic E-state index is 10.1. The van der Waals surface area contributed by atoms with Crippen molar-refractivity contribution in [3.63, 3.8) is 0 Å². The summed E-state index contributed by atoms with van der Waals surface area (Å²) >= 11 is 0. The predicted molar refractivity (Wildman–Crippen MR) is 45.3 cm³/mol.